The molecule has 1 spiro atoms. The Labute approximate surface area is 145 Å². The molecule has 3 saturated heterocycles. The quantitative estimate of drug-likeness (QED) is 0.852. The Morgan fingerprint density at radius 3 is 3.12 bits per heavy atom. The normalized spacial score (nSPS) is 29.9. The standard InChI is InChI=1S/C16H23N5O2S/c22-14-2-1-13(8-17-14)21-9-12(7-18-21)19-15(23)20-5-3-16(10-20)4-6-24-11-16/h7,9,13H,1-6,8,10-11H2,(H,17,22)(H,19,23). The highest BCUT2D eigenvalue weighted by atomic mass is 32.2. The molecule has 2 unspecified atom stereocenters. The Hall–Kier alpha value is -1.70. The molecule has 2 atom stereocenters. The highest BCUT2D eigenvalue weighted by Crippen LogP contribution is 2.43. The fourth-order valence-corrected chi connectivity index (χ4v) is 5.36. The molecule has 4 heterocycles. The van der Waals surface area contributed by atoms with Crippen LogP contribution in [0.1, 0.15) is 31.7 Å². The molecule has 0 bridgehead atoms. The number of aromatic nitrogens is 2. The molecule has 130 valence electrons. The highest BCUT2D eigenvalue weighted by Gasteiger charge is 2.42. The first kappa shape index (κ1) is 15.8. The predicted octanol–water partition coefficient (Wildman–Crippen LogP) is 1.70. The number of carbonyl (C=O) groups excluding carboxylic acids is 2. The van der Waals surface area contributed by atoms with Crippen LogP contribution in [0.5, 0.6) is 0 Å². The number of thioether (sulfide) groups is 1. The minimum atomic E-state index is -0.0275. The van der Waals surface area contributed by atoms with Gasteiger partial charge in [-0.3, -0.25) is 9.48 Å². The maximum absolute atomic E-state index is 12.5. The molecule has 1 aromatic rings. The third-order valence-corrected chi connectivity index (χ3v) is 6.69. The van der Waals surface area contributed by atoms with Crippen LogP contribution in [0.2, 0.25) is 0 Å². The Kier molecular flexibility index (Phi) is 4.15. The number of nitrogens with one attached hydrogen (secondary N) is 2. The Morgan fingerprint density at radius 1 is 1.46 bits per heavy atom. The van der Waals surface area contributed by atoms with Gasteiger partial charge in [-0.05, 0) is 30.4 Å². The summed E-state index contributed by atoms with van der Waals surface area (Å²) in [6.45, 7) is 2.31. The lowest BCUT2D eigenvalue weighted by Gasteiger charge is -2.23. The zero-order valence-electron chi connectivity index (χ0n) is 13.7. The minimum absolute atomic E-state index is 0.0275. The van der Waals surface area contributed by atoms with Gasteiger partial charge in [0.25, 0.3) is 0 Å². The van der Waals surface area contributed by atoms with E-state index in [1.807, 2.05) is 27.5 Å². The van der Waals surface area contributed by atoms with Crippen LogP contribution in [0, 0.1) is 5.41 Å². The molecular formula is C16H23N5O2S. The number of anilines is 1. The van der Waals surface area contributed by atoms with E-state index in [0.717, 1.165) is 31.6 Å². The van der Waals surface area contributed by atoms with Gasteiger partial charge in [0.2, 0.25) is 5.91 Å². The molecule has 24 heavy (non-hydrogen) atoms. The van der Waals surface area contributed by atoms with Gasteiger partial charge in [-0.1, -0.05) is 0 Å². The van der Waals surface area contributed by atoms with E-state index in [9.17, 15) is 9.59 Å². The number of urea groups is 1. The monoisotopic (exact) mass is 349 g/mol. The summed E-state index contributed by atoms with van der Waals surface area (Å²) in [5.41, 5.74) is 1.07. The number of nitrogens with zero attached hydrogens (tertiary/aromatic N) is 3. The second-order valence-corrected chi connectivity index (χ2v) is 8.22. The van der Waals surface area contributed by atoms with Crippen LogP contribution in [0.15, 0.2) is 12.4 Å². The van der Waals surface area contributed by atoms with Crippen molar-refractivity contribution in [2.75, 3.05) is 36.5 Å². The molecule has 0 aliphatic carbocycles. The summed E-state index contributed by atoms with van der Waals surface area (Å²) < 4.78 is 1.84. The lowest BCUT2D eigenvalue weighted by Crippen LogP contribution is -2.36. The van der Waals surface area contributed by atoms with Gasteiger partial charge in [-0.2, -0.15) is 16.9 Å². The Morgan fingerprint density at radius 2 is 2.38 bits per heavy atom. The molecule has 3 aliphatic rings. The lowest BCUT2D eigenvalue weighted by molar-refractivity contribution is -0.122. The number of carbonyl (C=O) groups is 2. The van der Waals surface area contributed by atoms with Crippen molar-refractivity contribution in [3.05, 3.63) is 12.4 Å². The van der Waals surface area contributed by atoms with E-state index in [0.29, 0.717) is 18.4 Å². The summed E-state index contributed by atoms with van der Waals surface area (Å²) in [5, 5.41) is 10.2. The average Bonchev–Trinajstić information content (AvgIpc) is 3.31. The van der Waals surface area contributed by atoms with Crippen LogP contribution in [-0.2, 0) is 4.79 Å². The van der Waals surface area contributed by atoms with Gasteiger partial charge >= 0.3 is 6.03 Å². The van der Waals surface area contributed by atoms with E-state index in [2.05, 4.69) is 15.7 Å². The molecule has 0 aromatic carbocycles. The van der Waals surface area contributed by atoms with Crippen molar-refractivity contribution in [1.29, 1.82) is 0 Å². The van der Waals surface area contributed by atoms with Crippen molar-refractivity contribution in [2.45, 2.75) is 31.7 Å². The molecule has 0 saturated carbocycles. The van der Waals surface area contributed by atoms with Crippen LogP contribution in [0.25, 0.3) is 0 Å². The van der Waals surface area contributed by atoms with Crippen LogP contribution in [0.3, 0.4) is 0 Å². The van der Waals surface area contributed by atoms with Crippen molar-refractivity contribution >= 4 is 29.4 Å². The van der Waals surface area contributed by atoms with E-state index in [-0.39, 0.29) is 18.0 Å². The molecular weight excluding hydrogens is 326 g/mol. The van der Waals surface area contributed by atoms with E-state index in [4.69, 9.17) is 0 Å². The lowest BCUT2D eigenvalue weighted by atomic mass is 9.87. The van der Waals surface area contributed by atoms with Gasteiger partial charge in [0, 0.05) is 38.0 Å². The minimum Gasteiger partial charge on any atom is -0.354 e. The number of likely N-dealkylation sites (tertiary alicyclic amines) is 1. The third kappa shape index (κ3) is 3.11. The molecule has 2 N–H and O–H groups in total. The predicted molar refractivity (Wildman–Crippen MR) is 93.1 cm³/mol. The van der Waals surface area contributed by atoms with Crippen LogP contribution in [0.4, 0.5) is 10.5 Å². The van der Waals surface area contributed by atoms with Gasteiger partial charge in [-0.15, -0.1) is 0 Å². The van der Waals surface area contributed by atoms with Crippen molar-refractivity contribution in [1.82, 2.24) is 20.0 Å². The molecule has 7 nitrogen and oxygen atoms in total. The number of rotatable bonds is 2. The SMILES string of the molecule is O=C1CCC(n2cc(NC(=O)N3CCC4(CCSC4)C3)cn2)CN1. The maximum Gasteiger partial charge on any atom is 0.321 e. The zero-order valence-corrected chi connectivity index (χ0v) is 14.5. The topological polar surface area (TPSA) is 79.3 Å². The molecule has 8 heteroatoms. The van der Waals surface area contributed by atoms with Crippen LogP contribution >= 0.6 is 11.8 Å². The fraction of sp³-hybridized carbons (Fsp3) is 0.688. The van der Waals surface area contributed by atoms with Gasteiger partial charge in [0.05, 0.1) is 17.9 Å². The zero-order chi connectivity index (χ0) is 16.6. The molecule has 0 radical (unpaired) electrons. The first-order valence-electron chi connectivity index (χ1n) is 8.58. The first-order chi connectivity index (χ1) is 11.6. The summed E-state index contributed by atoms with van der Waals surface area (Å²) in [6.07, 6.45) is 7.21. The van der Waals surface area contributed by atoms with Crippen molar-refractivity contribution in [3.8, 4) is 0 Å². The summed E-state index contributed by atoms with van der Waals surface area (Å²) in [6, 6.07) is 0.138. The van der Waals surface area contributed by atoms with Gasteiger partial charge in [0.15, 0.2) is 0 Å². The van der Waals surface area contributed by atoms with Gasteiger partial charge in [-0.25, -0.2) is 4.79 Å². The highest BCUT2D eigenvalue weighted by molar-refractivity contribution is 7.99. The van der Waals surface area contributed by atoms with E-state index in [1.165, 1.54) is 17.9 Å². The van der Waals surface area contributed by atoms with Crippen LogP contribution in [-0.4, -0.2) is 57.8 Å². The molecule has 3 amide bonds. The largest absolute Gasteiger partial charge is 0.354 e. The molecule has 3 aliphatic heterocycles. The molecule has 3 fully saturated rings. The van der Waals surface area contributed by atoms with E-state index >= 15 is 0 Å². The van der Waals surface area contributed by atoms with Crippen LogP contribution < -0.4 is 10.6 Å². The van der Waals surface area contributed by atoms with Crippen molar-refractivity contribution in [2.24, 2.45) is 5.41 Å². The number of amides is 3. The van der Waals surface area contributed by atoms with Crippen molar-refractivity contribution in [3.63, 3.8) is 0 Å². The third-order valence-electron chi connectivity index (χ3n) is 5.38. The maximum atomic E-state index is 12.5. The summed E-state index contributed by atoms with van der Waals surface area (Å²) >= 11 is 2.01. The smallest absolute Gasteiger partial charge is 0.321 e. The van der Waals surface area contributed by atoms with E-state index in [1.54, 1.807) is 6.20 Å². The Bertz CT molecular complexity index is 630. The first-order valence-corrected chi connectivity index (χ1v) is 9.74. The number of hydrogen-bond acceptors (Lipinski definition) is 4. The fourth-order valence-electron chi connectivity index (χ4n) is 3.83. The number of hydrogen-bond donors (Lipinski definition) is 2. The number of piperidine rings is 1. The average molecular weight is 349 g/mol. The molecule has 1 aromatic heterocycles. The van der Waals surface area contributed by atoms with Gasteiger partial charge < -0.3 is 15.5 Å². The second-order valence-electron chi connectivity index (χ2n) is 7.11. The van der Waals surface area contributed by atoms with Gasteiger partial charge in [0.1, 0.15) is 0 Å². The molecule has 4 rings (SSSR count). The summed E-state index contributed by atoms with van der Waals surface area (Å²) in [7, 11) is 0. The second kappa shape index (κ2) is 6.31. The van der Waals surface area contributed by atoms with E-state index < -0.39 is 0 Å². The summed E-state index contributed by atoms with van der Waals surface area (Å²) in [4.78, 5) is 25.7. The Balaban J connectivity index is 1.34. The van der Waals surface area contributed by atoms with Crippen molar-refractivity contribution < 1.29 is 9.59 Å². The summed E-state index contributed by atoms with van der Waals surface area (Å²) in [5.74, 6) is 2.50.